The highest BCUT2D eigenvalue weighted by atomic mass is 79.9. The van der Waals surface area contributed by atoms with Crippen LogP contribution in [0.15, 0.2) is 47.1 Å². The molecule has 4 rings (SSSR count). The molecule has 218 valence electrons. The quantitative estimate of drug-likeness (QED) is 0.224. The maximum atomic E-state index is 14.2. The molecule has 1 atom stereocenters. The minimum atomic E-state index is -3.69. The molecule has 1 amide bonds. The third-order valence-electron chi connectivity index (χ3n) is 6.30. The number of hydrogen-bond donors (Lipinski definition) is 2. The zero-order valence-corrected chi connectivity index (χ0v) is 25.9. The van der Waals surface area contributed by atoms with Gasteiger partial charge in [-0.3, -0.25) is 19.3 Å². The SMILES string of the molecule is Cn1nc(NS(C)(=O)=O)c2c(Cl)ccc(-c3cc(Br)cnc3[C@H](Cc3cc(F)cc(F)c3)N(C(=O)O)C(C)(C)C)c21. The molecule has 0 unspecified atom stereocenters. The third kappa shape index (κ3) is 6.62. The summed E-state index contributed by atoms with van der Waals surface area (Å²) in [6, 6.07) is 7.08. The molecule has 14 heteroatoms. The summed E-state index contributed by atoms with van der Waals surface area (Å²) < 4.78 is 56.8. The van der Waals surface area contributed by atoms with Crippen LogP contribution in [0.1, 0.15) is 38.1 Å². The van der Waals surface area contributed by atoms with Crippen LogP contribution < -0.4 is 4.72 Å². The number of fused-ring (bicyclic) bond motifs is 1. The summed E-state index contributed by atoms with van der Waals surface area (Å²) in [5.41, 5.74) is 1.06. The Morgan fingerprint density at radius 2 is 1.80 bits per heavy atom. The Balaban J connectivity index is 2.04. The Bertz CT molecular complexity index is 1760. The van der Waals surface area contributed by atoms with E-state index in [9.17, 15) is 27.1 Å². The second-order valence-electron chi connectivity index (χ2n) is 10.6. The van der Waals surface area contributed by atoms with Crippen molar-refractivity contribution in [1.29, 1.82) is 0 Å². The Hall–Kier alpha value is -3.29. The summed E-state index contributed by atoms with van der Waals surface area (Å²) in [6.07, 6.45) is 1.15. The van der Waals surface area contributed by atoms with Gasteiger partial charge in [0.15, 0.2) is 5.82 Å². The van der Waals surface area contributed by atoms with Gasteiger partial charge in [0.1, 0.15) is 11.6 Å². The number of aryl methyl sites for hydroxylation is 1. The van der Waals surface area contributed by atoms with Crippen molar-refractivity contribution in [2.24, 2.45) is 7.05 Å². The van der Waals surface area contributed by atoms with Crippen molar-refractivity contribution in [1.82, 2.24) is 19.7 Å². The minimum absolute atomic E-state index is 0.0231. The molecule has 2 N–H and O–H groups in total. The van der Waals surface area contributed by atoms with Crippen molar-refractivity contribution in [2.45, 2.75) is 38.8 Å². The number of anilines is 1. The van der Waals surface area contributed by atoms with Crippen LogP contribution in [-0.2, 0) is 23.5 Å². The zero-order chi connectivity index (χ0) is 30.4. The van der Waals surface area contributed by atoms with Gasteiger partial charge in [-0.15, -0.1) is 0 Å². The number of aromatic nitrogens is 3. The van der Waals surface area contributed by atoms with Gasteiger partial charge in [0.05, 0.1) is 33.9 Å². The average molecular weight is 671 g/mol. The molecule has 4 aromatic rings. The highest BCUT2D eigenvalue weighted by Gasteiger charge is 2.37. The molecule has 9 nitrogen and oxygen atoms in total. The van der Waals surface area contributed by atoms with E-state index in [1.165, 1.54) is 15.8 Å². The first kappa shape index (κ1) is 30.7. The fourth-order valence-electron chi connectivity index (χ4n) is 4.92. The van der Waals surface area contributed by atoms with Crippen LogP contribution in [0.3, 0.4) is 0 Å². The molecule has 0 aliphatic heterocycles. The minimum Gasteiger partial charge on any atom is -0.465 e. The van der Waals surface area contributed by atoms with Crippen molar-refractivity contribution in [2.75, 3.05) is 11.0 Å². The van der Waals surface area contributed by atoms with Gasteiger partial charge in [-0.2, -0.15) is 5.10 Å². The lowest BCUT2D eigenvalue weighted by Gasteiger charge is -2.40. The number of nitrogens with one attached hydrogen (secondary N) is 1. The highest BCUT2D eigenvalue weighted by Crippen LogP contribution is 2.42. The van der Waals surface area contributed by atoms with Crippen LogP contribution in [0.25, 0.3) is 22.0 Å². The van der Waals surface area contributed by atoms with Gasteiger partial charge in [0, 0.05) is 40.4 Å². The lowest BCUT2D eigenvalue weighted by Crippen LogP contribution is -2.48. The molecule has 0 saturated heterocycles. The predicted molar refractivity (Wildman–Crippen MR) is 158 cm³/mol. The molecule has 0 radical (unpaired) electrons. The van der Waals surface area contributed by atoms with E-state index in [4.69, 9.17) is 11.6 Å². The fraction of sp³-hybridized carbons (Fsp3) is 0.296. The molecular weight excluding hydrogens is 644 g/mol. The Labute approximate surface area is 249 Å². The highest BCUT2D eigenvalue weighted by molar-refractivity contribution is 9.10. The Kier molecular flexibility index (Phi) is 8.36. The monoisotopic (exact) mass is 669 g/mol. The van der Waals surface area contributed by atoms with Crippen molar-refractivity contribution < 1.29 is 27.1 Å². The second-order valence-corrected chi connectivity index (χ2v) is 13.6. The van der Waals surface area contributed by atoms with E-state index in [2.05, 4.69) is 30.7 Å². The van der Waals surface area contributed by atoms with E-state index in [0.29, 0.717) is 32.2 Å². The van der Waals surface area contributed by atoms with Crippen LogP contribution >= 0.6 is 27.5 Å². The summed E-state index contributed by atoms with van der Waals surface area (Å²) in [7, 11) is -2.08. The van der Waals surface area contributed by atoms with E-state index in [-0.39, 0.29) is 22.8 Å². The van der Waals surface area contributed by atoms with Gasteiger partial charge in [0.25, 0.3) is 0 Å². The van der Waals surface area contributed by atoms with Gasteiger partial charge < -0.3 is 5.11 Å². The lowest BCUT2D eigenvalue weighted by atomic mass is 9.91. The number of hydrogen-bond acceptors (Lipinski definition) is 5. The van der Waals surface area contributed by atoms with Gasteiger partial charge in [-0.1, -0.05) is 17.7 Å². The summed E-state index contributed by atoms with van der Waals surface area (Å²) in [4.78, 5) is 18.5. The predicted octanol–water partition coefficient (Wildman–Crippen LogP) is 6.76. The Morgan fingerprint density at radius 3 is 2.37 bits per heavy atom. The van der Waals surface area contributed by atoms with Crippen LogP contribution in [-0.4, -0.2) is 51.1 Å². The molecule has 2 aromatic carbocycles. The largest absolute Gasteiger partial charge is 0.465 e. The molecule has 0 aliphatic rings. The summed E-state index contributed by atoms with van der Waals surface area (Å²) in [5.74, 6) is -1.56. The lowest BCUT2D eigenvalue weighted by molar-refractivity contribution is 0.0684. The van der Waals surface area contributed by atoms with Crippen LogP contribution in [0.4, 0.5) is 19.4 Å². The number of halogens is 4. The van der Waals surface area contributed by atoms with Crippen molar-refractivity contribution in [3.63, 3.8) is 0 Å². The summed E-state index contributed by atoms with van der Waals surface area (Å²) in [6.45, 7) is 5.14. The van der Waals surface area contributed by atoms with Gasteiger partial charge in [-0.25, -0.2) is 22.0 Å². The molecule has 41 heavy (non-hydrogen) atoms. The van der Waals surface area contributed by atoms with Crippen molar-refractivity contribution in [3.05, 3.63) is 75.0 Å². The first-order valence-corrected chi connectivity index (χ1v) is 15.3. The molecular formula is C27H27BrClF2N5O4S. The van der Waals surface area contributed by atoms with Gasteiger partial charge in [0.2, 0.25) is 10.0 Å². The first-order chi connectivity index (χ1) is 19.0. The van der Waals surface area contributed by atoms with E-state index in [1.54, 1.807) is 46.0 Å². The molecule has 0 aliphatic carbocycles. The van der Waals surface area contributed by atoms with Crippen LogP contribution in [0.5, 0.6) is 0 Å². The topological polar surface area (TPSA) is 117 Å². The molecule has 2 aromatic heterocycles. The summed E-state index contributed by atoms with van der Waals surface area (Å²) >= 11 is 9.96. The number of amides is 1. The number of rotatable bonds is 7. The maximum Gasteiger partial charge on any atom is 0.408 e. The number of pyridine rings is 1. The number of nitrogens with zero attached hydrogens (tertiary/aromatic N) is 4. The van der Waals surface area contributed by atoms with Crippen molar-refractivity contribution in [3.8, 4) is 11.1 Å². The number of carbonyl (C=O) groups is 1. The molecule has 0 saturated carbocycles. The smallest absolute Gasteiger partial charge is 0.408 e. The Morgan fingerprint density at radius 1 is 1.17 bits per heavy atom. The third-order valence-corrected chi connectivity index (χ3v) is 7.62. The van der Waals surface area contributed by atoms with E-state index >= 15 is 0 Å². The van der Waals surface area contributed by atoms with E-state index < -0.39 is 39.3 Å². The zero-order valence-electron chi connectivity index (χ0n) is 22.7. The molecule has 0 bridgehead atoms. The van der Waals surface area contributed by atoms with Crippen molar-refractivity contribution >= 4 is 60.4 Å². The summed E-state index contributed by atoms with van der Waals surface area (Å²) in [5, 5.41) is 15.3. The van der Waals surface area contributed by atoms with E-state index in [1.807, 2.05) is 0 Å². The molecule has 0 spiro atoms. The average Bonchev–Trinajstić information content (AvgIpc) is 3.12. The van der Waals surface area contributed by atoms with Crippen LogP contribution in [0.2, 0.25) is 5.02 Å². The normalized spacial score (nSPS) is 12.9. The molecule has 0 fully saturated rings. The van der Waals surface area contributed by atoms with E-state index in [0.717, 1.165) is 24.5 Å². The van der Waals surface area contributed by atoms with Gasteiger partial charge in [-0.05, 0) is 73.0 Å². The van der Waals surface area contributed by atoms with Crippen LogP contribution in [0, 0.1) is 11.6 Å². The standard InChI is InChI=1S/C27H27BrClF2N5O4S/c1-27(2,3)36(26(37)38)21(10-14-8-16(30)12-17(31)9-14)23-19(11-15(28)13-32-23)18-6-7-20(29)22-24(18)35(4)33-25(22)34-41(5,39)40/h6-9,11-13,21H,10H2,1-5H3,(H,33,34)(H,37,38)/t21-/m0/s1. The number of carboxylic acid groups (broad SMARTS) is 1. The second kappa shape index (κ2) is 11.2. The molecule has 2 heterocycles. The first-order valence-electron chi connectivity index (χ1n) is 12.2. The fourth-order valence-corrected chi connectivity index (χ4v) is 5.99. The maximum absolute atomic E-state index is 14.2. The number of sulfonamides is 1. The number of benzene rings is 2. The van der Waals surface area contributed by atoms with Gasteiger partial charge >= 0.3 is 6.09 Å².